The molecule has 2 aliphatic rings. The fraction of sp³-hybridized carbons (Fsp3) is 0.591. The van der Waals surface area contributed by atoms with Crippen LogP contribution in [0.2, 0.25) is 0 Å². The smallest absolute Gasteiger partial charge is 0.427 e. The Balaban J connectivity index is 2.15. The lowest BCUT2D eigenvalue weighted by atomic mass is 10.0. The van der Waals surface area contributed by atoms with Crippen molar-refractivity contribution in [1.29, 1.82) is 0 Å². The summed E-state index contributed by atoms with van der Waals surface area (Å²) < 4.78 is 40.3. The Morgan fingerprint density at radius 3 is 2.12 bits per heavy atom. The van der Waals surface area contributed by atoms with Crippen LogP contribution in [-0.2, 0) is 20.5 Å². The van der Waals surface area contributed by atoms with Crippen LogP contribution in [0.3, 0.4) is 0 Å². The number of ether oxygens (including phenoxy) is 2. The maximum Gasteiger partial charge on any atom is 0.427 e. The molecule has 0 aromatic heterocycles. The highest BCUT2D eigenvalue weighted by Gasteiger charge is 2.61. The van der Waals surface area contributed by atoms with Crippen LogP contribution in [0.5, 0.6) is 0 Å². The molecule has 182 valence electrons. The Kier molecular flexibility index (Phi) is 6.71. The quantitative estimate of drug-likeness (QED) is 0.477. The van der Waals surface area contributed by atoms with Crippen molar-refractivity contribution in [3.63, 3.8) is 0 Å². The van der Waals surface area contributed by atoms with E-state index < -0.39 is 51.0 Å². The molecule has 0 bridgehead atoms. The number of nitrogens with zero attached hydrogens (tertiary/aromatic N) is 3. The zero-order valence-electron chi connectivity index (χ0n) is 19.8. The van der Waals surface area contributed by atoms with Crippen molar-refractivity contribution in [3.05, 3.63) is 34.1 Å². The van der Waals surface area contributed by atoms with E-state index in [0.717, 1.165) is 0 Å². The van der Waals surface area contributed by atoms with Crippen LogP contribution in [0.15, 0.2) is 27.7 Å². The SMILES string of the molecule is CN1C(N(C(=O)OC(C)(C)C)C(=O)OC(C)(C)C)=NC(c2cc(Br)ccc2F)C2(CC2)S1=O. The third-order valence-corrected chi connectivity index (χ3v) is 7.45. The number of benzene rings is 1. The summed E-state index contributed by atoms with van der Waals surface area (Å²) in [6, 6.07) is 3.57. The maximum absolute atomic E-state index is 14.8. The van der Waals surface area contributed by atoms with Crippen molar-refractivity contribution in [2.45, 2.75) is 76.4 Å². The normalized spacial score (nSPS) is 22.0. The number of carbonyl (C=O) groups is 2. The summed E-state index contributed by atoms with van der Waals surface area (Å²) in [4.78, 5) is 31.4. The molecule has 1 aliphatic carbocycles. The van der Waals surface area contributed by atoms with Crippen molar-refractivity contribution in [2.75, 3.05) is 7.05 Å². The largest absolute Gasteiger partial charge is 0.443 e. The van der Waals surface area contributed by atoms with Crippen molar-refractivity contribution < 1.29 is 27.7 Å². The van der Waals surface area contributed by atoms with Gasteiger partial charge in [0.1, 0.15) is 34.0 Å². The van der Waals surface area contributed by atoms with E-state index in [-0.39, 0.29) is 11.5 Å². The molecular weight excluding hydrogens is 517 g/mol. The van der Waals surface area contributed by atoms with Gasteiger partial charge < -0.3 is 9.47 Å². The second-order valence-electron chi connectivity index (χ2n) is 10.1. The highest BCUT2D eigenvalue weighted by Crippen LogP contribution is 2.56. The minimum absolute atomic E-state index is 0.223. The summed E-state index contributed by atoms with van der Waals surface area (Å²) in [5, 5.41) is 0. The Morgan fingerprint density at radius 2 is 1.67 bits per heavy atom. The number of amides is 2. The van der Waals surface area contributed by atoms with Gasteiger partial charge in [-0.1, -0.05) is 15.9 Å². The molecule has 1 fully saturated rings. The van der Waals surface area contributed by atoms with Gasteiger partial charge in [-0.05, 0) is 72.6 Å². The van der Waals surface area contributed by atoms with Crippen LogP contribution in [0.1, 0.15) is 66.0 Å². The minimum Gasteiger partial charge on any atom is -0.443 e. The number of hydrogen-bond acceptors (Lipinski definition) is 6. The minimum atomic E-state index is -1.70. The molecule has 0 N–H and O–H groups in total. The topological polar surface area (TPSA) is 88.5 Å². The number of carbonyl (C=O) groups excluding carboxylic acids is 2. The molecular formula is C22H29BrFN3O5S. The van der Waals surface area contributed by atoms with E-state index in [1.165, 1.54) is 17.4 Å². The third-order valence-electron chi connectivity index (χ3n) is 4.97. The van der Waals surface area contributed by atoms with Crippen molar-refractivity contribution in [3.8, 4) is 0 Å². The Morgan fingerprint density at radius 1 is 1.15 bits per heavy atom. The molecule has 1 aromatic rings. The molecule has 3 rings (SSSR count). The predicted molar refractivity (Wildman–Crippen MR) is 126 cm³/mol. The van der Waals surface area contributed by atoms with E-state index in [2.05, 4.69) is 20.9 Å². The van der Waals surface area contributed by atoms with Gasteiger partial charge in [0.25, 0.3) is 0 Å². The second kappa shape index (κ2) is 8.65. The zero-order valence-corrected chi connectivity index (χ0v) is 22.2. The summed E-state index contributed by atoms with van der Waals surface area (Å²) in [7, 11) is -0.220. The van der Waals surface area contributed by atoms with E-state index in [9.17, 15) is 18.2 Å². The molecule has 8 nitrogen and oxygen atoms in total. The van der Waals surface area contributed by atoms with Crippen LogP contribution in [-0.4, -0.2) is 54.6 Å². The zero-order chi connectivity index (χ0) is 24.9. The lowest BCUT2D eigenvalue weighted by Crippen LogP contribution is -2.56. The van der Waals surface area contributed by atoms with E-state index in [1.54, 1.807) is 53.7 Å². The molecule has 2 amide bonds. The predicted octanol–water partition coefficient (Wildman–Crippen LogP) is 5.30. The van der Waals surface area contributed by atoms with Crippen LogP contribution in [0.25, 0.3) is 0 Å². The van der Waals surface area contributed by atoms with Gasteiger partial charge in [-0.15, -0.1) is 4.90 Å². The first-order valence-corrected chi connectivity index (χ1v) is 12.4. The number of aliphatic imine (C=N–C) groups is 1. The van der Waals surface area contributed by atoms with Crippen LogP contribution in [0.4, 0.5) is 14.0 Å². The van der Waals surface area contributed by atoms with Gasteiger partial charge in [-0.2, -0.15) is 0 Å². The second-order valence-corrected chi connectivity index (χ2v) is 12.9. The van der Waals surface area contributed by atoms with Gasteiger partial charge in [0, 0.05) is 17.1 Å². The summed E-state index contributed by atoms with van der Waals surface area (Å²) >= 11 is 3.34. The van der Waals surface area contributed by atoms with Gasteiger partial charge in [0.15, 0.2) is 0 Å². The van der Waals surface area contributed by atoms with Gasteiger partial charge >= 0.3 is 12.2 Å². The van der Waals surface area contributed by atoms with Gasteiger partial charge in [0.2, 0.25) is 5.96 Å². The number of imide groups is 1. The van der Waals surface area contributed by atoms with Crippen LogP contribution < -0.4 is 0 Å². The molecule has 2 unspecified atom stereocenters. The van der Waals surface area contributed by atoms with Gasteiger partial charge in [-0.3, -0.25) is 4.31 Å². The lowest BCUT2D eigenvalue weighted by Gasteiger charge is -2.38. The molecule has 0 saturated heterocycles. The van der Waals surface area contributed by atoms with E-state index >= 15 is 0 Å². The number of hydrogen-bond donors (Lipinski definition) is 0. The summed E-state index contributed by atoms with van der Waals surface area (Å²) in [6.45, 7) is 9.93. The van der Waals surface area contributed by atoms with E-state index in [0.29, 0.717) is 22.2 Å². The molecule has 1 heterocycles. The Bertz CT molecular complexity index is 1000. The number of halogens is 2. The lowest BCUT2D eigenvalue weighted by molar-refractivity contribution is 0.0133. The van der Waals surface area contributed by atoms with Crippen LogP contribution >= 0.6 is 15.9 Å². The molecule has 1 aliphatic heterocycles. The average molecular weight is 546 g/mol. The monoisotopic (exact) mass is 545 g/mol. The molecule has 33 heavy (non-hydrogen) atoms. The fourth-order valence-electron chi connectivity index (χ4n) is 3.46. The first kappa shape index (κ1) is 25.6. The number of guanidine groups is 1. The maximum atomic E-state index is 14.8. The first-order valence-electron chi connectivity index (χ1n) is 10.5. The van der Waals surface area contributed by atoms with Crippen molar-refractivity contribution in [1.82, 2.24) is 9.21 Å². The molecule has 1 aromatic carbocycles. The molecule has 1 saturated carbocycles. The summed E-state index contributed by atoms with van der Waals surface area (Å²) in [6.07, 6.45) is -0.925. The standard InChI is InChI=1S/C22H29BrFN3O5S/c1-20(2,3)31-18(28)27(19(29)32-21(4,5)6)17-25-16(14-12-13(23)8-9-15(14)24)22(10-11-22)33(30)26(17)7/h8-9,12,16H,10-11H2,1-7H3. The van der Waals surface area contributed by atoms with Gasteiger partial charge in [0.05, 0.1) is 4.75 Å². The summed E-state index contributed by atoms with van der Waals surface area (Å²) in [5.41, 5.74) is -1.61. The Hall–Kier alpha value is -2.01. The highest BCUT2D eigenvalue weighted by atomic mass is 79.9. The molecule has 1 spiro atoms. The van der Waals surface area contributed by atoms with Gasteiger partial charge in [-0.25, -0.2) is 23.2 Å². The molecule has 2 atom stereocenters. The van der Waals surface area contributed by atoms with Crippen molar-refractivity contribution >= 4 is 45.1 Å². The Labute approximate surface area is 204 Å². The van der Waals surface area contributed by atoms with E-state index in [1.807, 2.05) is 0 Å². The molecule has 11 heteroatoms. The van der Waals surface area contributed by atoms with Crippen LogP contribution in [0, 0.1) is 5.82 Å². The highest BCUT2D eigenvalue weighted by molar-refractivity contribution is 9.10. The average Bonchev–Trinajstić information content (AvgIpc) is 3.43. The fourth-order valence-corrected chi connectivity index (χ4v) is 5.48. The third kappa shape index (κ3) is 5.40. The van der Waals surface area contributed by atoms with E-state index in [4.69, 9.17) is 9.47 Å². The summed E-state index contributed by atoms with van der Waals surface area (Å²) in [5.74, 6) is -0.737. The first-order chi connectivity index (χ1) is 15.1. The number of rotatable bonds is 1. The molecule has 0 radical (unpaired) electrons. The van der Waals surface area contributed by atoms with Crippen molar-refractivity contribution in [2.24, 2.45) is 4.99 Å².